The molecule has 0 atom stereocenters. The van der Waals surface area contributed by atoms with Gasteiger partial charge < -0.3 is 11.5 Å². The molecular formula is C13H14Cl2N4. The number of fused-ring (bicyclic) bond motifs is 1. The summed E-state index contributed by atoms with van der Waals surface area (Å²) in [5.74, 6) is 0. The summed E-state index contributed by atoms with van der Waals surface area (Å²) in [6.07, 6.45) is 1.81. The Morgan fingerprint density at radius 2 is 1.47 bits per heavy atom. The molecule has 100 valence electrons. The van der Waals surface area contributed by atoms with E-state index in [1.54, 1.807) is 0 Å². The molecule has 0 fully saturated rings. The van der Waals surface area contributed by atoms with Gasteiger partial charge in [-0.3, -0.25) is 0 Å². The van der Waals surface area contributed by atoms with Gasteiger partial charge in [-0.25, -0.2) is 4.68 Å². The van der Waals surface area contributed by atoms with Crippen LogP contribution in [0.1, 0.15) is 0 Å². The van der Waals surface area contributed by atoms with Crippen LogP contribution in [-0.2, 0) is 0 Å². The third-order valence-corrected chi connectivity index (χ3v) is 2.73. The molecule has 0 spiro atoms. The number of nitrogen functional groups attached to an aromatic ring is 2. The summed E-state index contributed by atoms with van der Waals surface area (Å²) < 4.78 is 1.87. The highest BCUT2D eigenvalue weighted by molar-refractivity contribution is 5.85. The first-order valence-corrected chi connectivity index (χ1v) is 5.33. The molecule has 1 aromatic heterocycles. The van der Waals surface area contributed by atoms with E-state index in [2.05, 4.69) is 5.10 Å². The molecule has 2 aromatic carbocycles. The maximum absolute atomic E-state index is 5.74. The first kappa shape index (κ1) is 15.1. The van der Waals surface area contributed by atoms with Gasteiger partial charge in [0.25, 0.3) is 0 Å². The molecule has 0 radical (unpaired) electrons. The summed E-state index contributed by atoms with van der Waals surface area (Å²) >= 11 is 0. The standard InChI is InChI=1S/C13H12N4.2ClH/c14-10-1-4-12(5-2-10)17-13-6-3-11(15)7-9(13)8-16-17;;/h1-8H,14-15H2;2*1H. The number of nitrogens with two attached hydrogens (primary N) is 2. The average Bonchev–Trinajstić information content (AvgIpc) is 2.73. The molecule has 6 heteroatoms. The number of anilines is 2. The van der Waals surface area contributed by atoms with Crippen LogP contribution in [0.5, 0.6) is 0 Å². The summed E-state index contributed by atoms with van der Waals surface area (Å²) in [6.45, 7) is 0. The molecule has 1 heterocycles. The third kappa shape index (κ3) is 2.75. The maximum atomic E-state index is 5.74. The fraction of sp³-hybridized carbons (Fsp3) is 0. The highest BCUT2D eigenvalue weighted by Gasteiger charge is 2.04. The molecule has 3 rings (SSSR count). The fourth-order valence-corrected chi connectivity index (χ4v) is 1.87. The Bertz CT molecular complexity index is 677. The van der Waals surface area contributed by atoms with E-state index >= 15 is 0 Å². The van der Waals surface area contributed by atoms with Gasteiger partial charge in [0.2, 0.25) is 0 Å². The van der Waals surface area contributed by atoms with E-state index in [-0.39, 0.29) is 24.8 Å². The van der Waals surface area contributed by atoms with Crippen LogP contribution in [0.4, 0.5) is 11.4 Å². The smallest absolute Gasteiger partial charge is 0.0742 e. The van der Waals surface area contributed by atoms with Crippen molar-refractivity contribution in [2.24, 2.45) is 0 Å². The molecule has 0 aliphatic carbocycles. The predicted molar refractivity (Wildman–Crippen MR) is 84.4 cm³/mol. The Hall–Kier alpha value is -1.91. The van der Waals surface area contributed by atoms with Crippen LogP contribution < -0.4 is 11.5 Å². The Balaban J connectivity index is 0.000000902. The lowest BCUT2D eigenvalue weighted by atomic mass is 10.2. The van der Waals surface area contributed by atoms with Crippen molar-refractivity contribution in [2.45, 2.75) is 0 Å². The molecule has 0 aliphatic rings. The molecule has 0 saturated carbocycles. The summed E-state index contributed by atoms with van der Waals surface area (Å²) in [6, 6.07) is 13.4. The first-order chi connectivity index (χ1) is 8.24. The first-order valence-electron chi connectivity index (χ1n) is 5.33. The Morgan fingerprint density at radius 3 is 2.16 bits per heavy atom. The Morgan fingerprint density at radius 1 is 0.842 bits per heavy atom. The molecule has 3 aromatic rings. The van der Waals surface area contributed by atoms with Crippen molar-refractivity contribution < 1.29 is 0 Å². The Labute approximate surface area is 123 Å². The van der Waals surface area contributed by atoms with Crippen LogP contribution in [-0.4, -0.2) is 9.78 Å². The van der Waals surface area contributed by atoms with Crippen molar-refractivity contribution in [2.75, 3.05) is 11.5 Å². The van der Waals surface area contributed by atoms with Gasteiger partial charge in [0.15, 0.2) is 0 Å². The third-order valence-electron chi connectivity index (χ3n) is 2.73. The van der Waals surface area contributed by atoms with Crippen molar-refractivity contribution in [1.82, 2.24) is 9.78 Å². The number of benzene rings is 2. The lowest BCUT2D eigenvalue weighted by Crippen LogP contribution is -1.96. The average molecular weight is 297 g/mol. The minimum Gasteiger partial charge on any atom is -0.399 e. The van der Waals surface area contributed by atoms with Crippen molar-refractivity contribution in [1.29, 1.82) is 0 Å². The van der Waals surface area contributed by atoms with Gasteiger partial charge in [0.1, 0.15) is 0 Å². The lowest BCUT2D eigenvalue weighted by molar-refractivity contribution is 0.911. The van der Waals surface area contributed by atoms with Crippen LogP contribution in [0.15, 0.2) is 48.7 Å². The van der Waals surface area contributed by atoms with Crippen molar-refractivity contribution in [3.63, 3.8) is 0 Å². The number of hydrogen-bond acceptors (Lipinski definition) is 3. The minimum atomic E-state index is 0. The van der Waals surface area contributed by atoms with Crippen LogP contribution >= 0.6 is 24.8 Å². The number of aromatic nitrogens is 2. The van der Waals surface area contributed by atoms with Crippen LogP contribution in [0.25, 0.3) is 16.6 Å². The van der Waals surface area contributed by atoms with E-state index in [9.17, 15) is 0 Å². The normalized spacial score (nSPS) is 9.68. The van der Waals surface area contributed by atoms with E-state index < -0.39 is 0 Å². The molecule has 0 unspecified atom stereocenters. The second-order valence-corrected chi connectivity index (χ2v) is 3.97. The molecule has 0 saturated heterocycles. The van der Waals surface area contributed by atoms with Crippen molar-refractivity contribution in [3.05, 3.63) is 48.7 Å². The monoisotopic (exact) mass is 296 g/mol. The predicted octanol–water partition coefficient (Wildman–Crippen LogP) is 3.03. The van der Waals surface area contributed by atoms with Gasteiger partial charge in [-0.15, -0.1) is 24.8 Å². The molecular weight excluding hydrogens is 283 g/mol. The van der Waals surface area contributed by atoms with E-state index in [4.69, 9.17) is 11.5 Å². The molecule has 19 heavy (non-hydrogen) atoms. The molecule has 4 nitrogen and oxygen atoms in total. The zero-order chi connectivity index (χ0) is 11.8. The quantitative estimate of drug-likeness (QED) is 0.678. The van der Waals surface area contributed by atoms with Gasteiger partial charge in [0, 0.05) is 16.8 Å². The summed E-state index contributed by atoms with van der Waals surface area (Å²) in [5.41, 5.74) is 14.9. The fourth-order valence-electron chi connectivity index (χ4n) is 1.87. The van der Waals surface area contributed by atoms with Crippen molar-refractivity contribution >= 4 is 47.1 Å². The number of nitrogens with zero attached hydrogens (tertiary/aromatic N) is 2. The minimum absolute atomic E-state index is 0. The van der Waals surface area contributed by atoms with Crippen LogP contribution in [0, 0.1) is 0 Å². The lowest BCUT2D eigenvalue weighted by Gasteiger charge is -2.04. The second kappa shape index (κ2) is 5.82. The number of hydrogen-bond donors (Lipinski definition) is 2. The number of rotatable bonds is 1. The van der Waals surface area contributed by atoms with Gasteiger partial charge in [-0.1, -0.05) is 0 Å². The maximum Gasteiger partial charge on any atom is 0.0742 e. The van der Waals surface area contributed by atoms with Gasteiger partial charge in [0.05, 0.1) is 17.4 Å². The highest BCUT2D eigenvalue weighted by atomic mass is 35.5. The summed E-state index contributed by atoms with van der Waals surface area (Å²) in [4.78, 5) is 0. The topological polar surface area (TPSA) is 69.9 Å². The molecule has 4 N–H and O–H groups in total. The van der Waals surface area contributed by atoms with Crippen LogP contribution in [0.3, 0.4) is 0 Å². The van der Waals surface area contributed by atoms with E-state index in [1.165, 1.54) is 0 Å². The SMILES string of the molecule is Cl.Cl.Nc1ccc(-n2ncc3cc(N)ccc32)cc1. The van der Waals surface area contributed by atoms with E-state index in [1.807, 2.05) is 53.3 Å². The second-order valence-electron chi connectivity index (χ2n) is 3.97. The zero-order valence-corrected chi connectivity index (χ0v) is 11.6. The van der Waals surface area contributed by atoms with E-state index in [0.717, 1.165) is 28.0 Å². The molecule has 0 aliphatic heterocycles. The Kier molecular flexibility index (Phi) is 4.64. The van der Waals surface area contributed by atoms with E-state index in [0.29, 0.717) is 0 Å². The van der Waals surface area contributed by atoms with Crippen molar-refractivity contribution in [3.8, 4) is 5.69 Å². The van der Waals surface area contributed by atoms with Gasteiger partial charge in [-0.05, 0) is 42.5 Å². The summed E-state index contributed by atoms with van der Waals surface area (Å²) in [7, 11) is 0. The highest BCUT2D eigenvalue weighted by Crippen LogP contribution is 2.20. The van der Waals surface area contributed by atoms with Gasteiger partial charge in [-0.2, -0.15) is 5.10 Å². The number of halogens is 2. The van der Waals surface area contributed by atoms with Crippen LogP contribution in [0.2, 0.25) is 0 Å². The molecule has 0 bridgehead atoms. The zero-order valence-electron chi connectivity index (χ0n) is 9.98. The summed E-state index contributed by atoms with van der Waals surface area (Å²) in [5, 5.41) is 5.39. The van der Waals surface area contributed by atoms with Gasteiger partial charge >= 0.3 is 0 Å². The molecule has 0 amide bonds. The largest absolute Gasteiger partial charge is 0.399 e.